The van der Waals surface area contributed by atoms with E-state index in [9.17, 15) is 4.79 Å². The second-order valence-electron chi connectivity index (χ2n) is 2.70. The summed E-state index contributed by atoms with van der Waals surface area (Å²) in [4.78, 5) is 12.0. The summed E-state index contributed by atoms with van der Waals surface area (Å²) in [5.41, 5.74) is 0. The van der Waals surface area contributed by atoms with Crippen LogP contribution in [0.3, 0.4) is 0 Å². The standard InChI is InChI=1S/C10H15NOS/c1-5-7-9(6-2)13-10(12)11-8(3)4/h5-8H,1-2H2,3-4H3,(H,11,12)/b9-7+. The van der Waals surface area contributed by atoms with Gasteiger partial charge in [0.2, 0.25) is 0 Å². The molecular weight excluding hydrogens is 182 g/mol. The minimum absolute atomic E-state index is 0.0667. The summed E-state index contributed by atoms with van der Waals surface area (Å²) in [5, 5.41) is 2.70. The van der Waals surface area contributed by atoms with Gasteiger partial charge in [-0.3, -0.25) is 4.79 Å². The van der Waals surface area contributed by atoms with Gasteiger partial charge < -0.3 is 5.32 Å². The summed E-state index contributed by atoms with van der Waals surface area (Å²) < 4.78 is 0. The number of hydrogen-bond acceptors (Lipinski definition) is 2. The molecule has 0 unspecified atom stereocenters. The highest BCUT2D eigenvalue weighted by molar-refractivity contribution is 8.17. The molecule has 0 aliphatic heterocycles. The van der Waals surface area contributed by atoms with Crippen molar-refractivity contribution in [3.05, 3.63) is 36.3 Å². The van der Waals surface area contributed by atoms with Gasteiger partial charge in [0.05, 0.1) is 0 Å². The third-order valence-electron chi connectivity index (χ3n) is 1.10. The molecule has 0 bridgehead atoms. The Morgan fingerprint density at radius 1 is 1.46 bits per heavy atom. The number of allylic oxidation sites excluding steroid dienone is 3. The van der Waals surface area contributed by atoms with Crippen molar-refractivity contribution in [2.75, 3.05) is 0 Å². The van der Waals surface area contributed by atoms with E-state index in [2.05, 4.69) is 18.5 Å². The molecule has 0 atom stereocenters. The van der Waals surface area contributed by atoms with Crippen LogP contribution in [0.15, 0.2) is 36.3 Å². The average Bonchev–Trinajstić information content (AvgIpc) is 2.02. The van der Waals surface area contributed by atoms with Gasteiger partial charge in [-0.2, -0.15) is 0 Å². The van der Waals surface area contributed by atoms with E-state index in [0.717, 1.165) is 16.7 Å². The molecule has 0 rings (SSSR count). The molecule has 0 radical (unpaired) electrons. The zero-order chi connectivity index (χ0) is 10.3. The summed E-state index contributed by atoms with van der Waals surface area (Å²) in [7, 11) is 0. The summed E-state index contributed by atoms with van der Waals surface area (Å²) in [5.74, 6) is 0. The molecule has 1 amide bonds. The lowest BCUT2D eigenvalue weighted by Gasteiger charge is -2.07. The number of carbonyl (C=O) groups excluding carboxylic acids is 1. The van der Waals surface area contributed by atoms with Crippen LogP contribution in [-0.4, -0.2) is 11.3 Å². The quantitative estimate of drug-likeness (QED) is 0.702. The van der Waals surface area contributed by atoms with Crippen molar-refractivity contribution in [1.82, 2.24) is 5.32 Å². The van der Waals surface area contributed by atoms with E-state index in [1.165, 1.54) is 0 Å². The van der Waals surface area contributed by atoms with Gasteiger partial charge in [-0.25, -0.2) is 0 Å². The van der Waals surface area contributed by atoms with Crippen LogP contribution in [0.5, 0.6) is 0 Å². The number of rotatable bonds is 4. The topological polar surface area (TPSA) is 29.1 Å². The van der Waals surface area contributed by atoms with E-state index in [1.54, 1.807) is 18.2 Å². The zero-order valence-electron chi connectivity index (χ0n) is 8.04. The third-order valence-corrected chi connectivity index (χ3v) is 1.94. The highest BCUT2D eigenvalue weighted by atomic mass is 32.2. The number of carbonyl (C=O) groups is 1. The predicted octanol–water partition coefficient (Wildman–Crippen LogP) is 3.09. The van der Waals surface area contributed by atoms with E-state index in [1.807, 2.05) is 13.8 Å². The van der Waals surface area contributed by atoms with Crippen molar-refractivity contribution in [3.63, 3.8) is 0 Å². The van der Waals surface area contributed by atoms with E-state index in [-0.39, 0.29) is 11.3 Å². The summed E-state index contributed by atoms with van der Waals surface area (Å²) in [6.45, 7) is 11.0. The van der Waals surface area contributed by atoms with E-state index in [0.29, 0.717) is 0 Å². The summed E-state index contributed by atoms with van der Waals surface area (Å²) in [6.07, 6.45) is 5.01. The first-order chi connectivity index (χ1) is 6.10. The van der Waals surface area contributed by atoms with Gasteiger partial charge in [-0.1, -0.05) is 25.3 Å². The average molecular weight is 197 g/mol. The highest BCUT2D eigenvalue weighted by Crippen LogP contribution is 2.17. The maximum atomic E-state index is 11.2. The van der Waals surface area contributed by atoms with E-state index in [4.69, 9.17) is 0 Å². The number of hydrogen-bond donors (Lipinski definition) is 1. The Bertz CT molecular complexity index is 231. The van der Waals surface area contributed by atoms with Gasteiger partial charge in [0, 0.05) is 10.9 Å². The van der Waals surface area contributed by atoms with Crippen LogP contribution in [-0.2, 0) is 0 Å². The van der Waals surface area contributed by atoms with Crippen LogP contribution in [0.4, 0.5) is 4.79 Å². The molecule has 0 aromatic carbocycles. The van der Waals surface area contributed by atoms with Gasteiger partial charge in [0.25, 0.3) is 5.24 Å². The van der Waals surface area contributed by atoms with Crippen LogP contribution in [0.2, 0.25) is 0 Å². The zero-order valence-corrected chi connectivity index (χ0v) is 8.86. The minimum atomic E-state index is -0.0667. The third kappa shape index (κ3) is 6.22. The van der Waals surface area contributed by atoms with Crippen molar-refractivity contribution in [2.24, 2.45) is 0 Å². The molecule has 1 N–H and O–H groups in total. The Labute approximate surface area is 83.8 Å². The molecule has 13 heavy (non-hydrogen) atoms. The molecule has 0 saturated heterocycles. The first kappa shape index (κ1) is 12.0. The summed E-state index contributed by atoms with van der Waals surface area (Å²) in [6, 6.07) is 0.162. The maximum Gasteiger partial charge on any atom is 0.284 e. The number of thioether (sulfide) groups is 1. The molecule has 3 heteroatoms. The Kier molecular flexibility index (Phi) is 6.06. The first-order valence-electron chi connectivity index (χ1n) is 4.03. The van der Waals surface area contributed by atoms with Gasteiger partial charge in [0.15, 0.2) is 0 Å². The highest BCUT2D eigenvalue weighted by Gasteiger charge is 2.04. The molecule has 0 aromatic heterocycles. The van der Waals surface area contributed by atoms with Crippen molar-refractivity contribution >= 4 is 17.0 Å². The Morgan fingerprint density at radius 2 is 2.08 bits per heavy atom. The molecule has 0 heterocycles. The van der Waals surface area contributed by atoms with Crippen LogP contribution in [0.25, 0.3) is 0 Å². The van der Waals surface area contributed by atoms with Crippen LogP contribution >= 0.6 is 11.8 Å². The predicted molar refractivity (Wildman–Crippen MR) is 59.7 cm³/mol. The number of nitrogens with one attached hydrogen (secondary N) is 1. The minimum Gasteiger partial charge on any atom is -0.345 e. The lowest BCUT2D eigenvalue weighted by molar-refractivity contribution is 0.259. The maximum absolute atomic E-state index is 11.2. The molecule has 0 aromatic rings. The van der Waals surface area contributed by atoms with Crippen molar-refractivity contribution in [3.8, 4) is 0 Å². The fourth-order valence-corrected chi connectivity index (χ4v) is 1.39. The van der Waals surface area contributed by atoms with Crippen LogP contribution in [0, 0.1) is 0 Å². The first-order valence-corrected chi connectivity index (χ1v) is 4.85. The van der Waals surface area contributed by atoms with Gasteiger partial charge in [-0.05, 0) is 31.7 Å². The van der Waals surface area contributed by atoms with Gasteiger partial charge in [-0.15, -0.1) is 0 Å². The van der Waals surface area contributed by atoms with Crippen molar-refractivity contribution in [2.45, 2.75) is 19.9 Å². The van der Waals surface area contributed by atoms with Crippen LogP contribution < -0.4 is 5.32 Å². The largest absolute Gasteiger partial charge is 0.345 e. The fourth-order valence-electron chi connectivity index (χ4n) is 0.632. The molecule has 0 fully saturated rings. The molecule has 72 valence electrons. The fraction of sp³-hybridized carbons (Fsp3) is 0.300. The monoisotopic (exact) mass is 197 g/mol. The molecule has 0 aliphatic rings. The Morgan fingerprint density at radius 3 is 2.46 bits per heavy atom. The normalized spacial score (nSPS) is 11.2. The Balaban J connectivity index is 4.09. The van der Waals surface area contributed by atoms with E-state index >= 15 is 0 Å². The van der Waals surface area contributed by atoms with Gasteiger partial charge in [0.1, 0.15) is 0 Å². The van der Waals surface area contributed by atoms with Crippen molar-refractivity contribution < 1.29 is 4.79 Å². The molecule has 0 aliphatic carbocycles. The molecule has 0 spiro atoms. The second kappa shape index (κ2) is 6.54. The van der Waals surface area contributed by atoms with Gasteiger partial charge >= 0.3 is 0 Å². The van der Waals surface area contributed by atoms with E-state index < -0.39 is 0 Å². The van der Waals surface area contributed by atoms with Crippen LogP contribution in [0.1, 0.15) is 13.8 Å². The number of amides is 1. The molecule has 0 saturated carbocycles. The summed E-state index contributed by atoms with van der Waals surface area (Å²) >= 11 is 1.12. The SMILES string of the molecule is C=C/C=C(\C=C)SC(=O)NC(C)C. The second-order valence-corrected chi connectivity index (χ2v) is 3.74. The lowest BCUT2D eigenvalue weighted by Crippen LogP contribution is -2.26. The van der Waals surface area contributed by atoms with Crippen molar-refractivity contribution in [1.29, 1.82) is 0 Å². The lowest BCUT2D eigenvalue weighted by atomic mass is 10.4. The molecule has 2 nitrogen and oxygen atoms in total. The smallest absolute Gasteiger partial charge is 0.284 e. The molecular formula is C10H15NOS. The Hall–Kier alpha value is -0.960.